The molecule has 1 N–H and O–H groups in total. The molecule has 0 spiro atoms. The average Bonchev–Trinajstić information content (AvgIpc) is 2.69. The number of aliphatic hydroxyl groups excluding tert-OH is 1. The molecule has 0 radical (unpaired) electrons. The Kier molecular flexibility index (Phi) is 4.47. The van der Waals surface area contributed by atoms with Crippen molar-refractivity contribution in [3.8, 4) is 5.75 Å². The predicted molar refractivity (Wildman–Crippen MR) is 101 cm³/mol. The number of anilines is 1. The molecule has 4 nitrogen and oxygen atoms in total. The third kappa shape index (κ3) is 3.15. The molecule has 0 saturated carbocycles. The van der Waals surface area contributed by atoms with Crippen LogP contribution >= 0.6 is 0 Å². The van der Waals surface area contributed by atoms with Gasteiger partial charge >= 0.3 is 0 Å². The van der Waals surface area contributed by atoms with Crippen molar-refractivity contribution in [3.63, 3.8) is 0 Å². The Morgan fingerprint density at radius 2 is 1.68 bits per heavy atom. The highest BCUT2D eigenvalue weighted by atomic mass is 16.5. The van der Waals surface area contributed by atoms with Crippen molar-refractivity contribution < 1.29 is 9.84 Å². The van der Waals surface area contributed by atoms with Crippen LogP contribution in [0.15, 0.2) is 54.6 Å². The standard InChI is InChI=1S/C21H24N2O2/c1-25-18-9-7-17(8-10-18)22-12-14-23(15-13-22)20-11-6-16-4-2-3-5-19(16)21(20)24/h2-11,20-21,24H,12-15H2,1H3/t20-,21-/m1/s1. The molecule has 0 aromatic heterocycles. The van der Waals surface area contributed by atoms with Crippen LogP contribution in [0.25, 0.3) is 6.08 Å². The third-order valence-corrected chi connectivity index (χ3v) is 5.28. The number of rotatable bonds is 3. The fourth-order valence-electron chi connectivity index (χ4n) is 3.82. The summed E-state index contributed by atoms with van der Waals surface area (Å²) < 4.78 is 5.23. The summed E-state index contributed by atoms with van der Waals surface area (Å²) in [4.78, 5) is 4.78. The van der Waals surface area contributed by atoms with Crippen molar-refractivity contribution in [2.75, 3.05) is 38.2 Å². The lowest BCUT2D eigenvalue weighted by atomic mass is 9.90. The summed E-state index contributed by atoms with van der Waals surface area (Å²) in [6, 6.07) is 16.4. The zero-order valence-electron chi connectivity index (χ0n) is 14.5. The maximum absolute atomic E-state index is 10.8. The van der Waals surface area contributed by atoms with Gasteiger partial charge in [-0.3, -0.25) is 4.90 Å². The second-order valence-corrected chi connectivity index (χ2v) is 6.64. The summed E-state index contributed by atoms with van der Waals surface area (Å²) in [5.41, 5.74) is 3.39. The van der Waals surface area contributed by atoms with E-state index in [1.807, 2.05) is 30.3 Å². The van der Waals surface area contributed by atoms with Crippen LogP contribution in [-0.4, -0.2) is 49.3 Å². The first-order valence-corrected chi connectivity index (χ1v) is 8.84. The van der Waals surface area contributed by atoms with Gasteiger partial charge in [0.05, 0.1) is 19.3 Å². The van der Waals surface area contributed by atoms with E-state index in [0.717, 1.165) is 43.1 Å². The Bertz CT molecular complexity index is 749. The molecule has 1 aliphatic heterocycles. The van der Waals surface area contributed by atoms with Gasteiger partial charge in [0.2, 0.25) is 0 Å². The van der Waals surface area contributed by atoms with Crippen LogP contribution in [0.4, 0.5) is 5.69 Å². The van der Waals surface area contributed by atoms with E-state index in [2.05, 4.69) is 40.2 Å². The van der Waals surface area contributed by atoms with Crippen molar-refractivity contribution in [2.24, 2.45) is 0 Å². The molecule has 25 heavy (non-hydrogen) atoms. The number of hydrogen-bond acceptors (Lipinski definition) is 4. The largest absolute Gasteiger partial charge is 0.497 e. The molecule has 4 rings (SSSR count). The Morgan fingerprint density at radius 3 is 2.40 bits per heavy atom. The Hall–Kier alpha value is -2.30. The van der Waals surface area contributed by atoms with Crippen molar-refractivity contribution >= 4 is 11.8 Å². The third-order valence-electron chi connectivity index (χ3n) is 5.28. The van der Waals surface area contributed by atoms with Crippen molar-refractivity contribution in [1.29, 1.82) is 0 Å². The lowest BCUT2D eigenvalue weighted by Gasteiger charge is -2.42. The molecule has 4 heteroatoms. The van der Waals surface area contributed by atoms with E-state index in [9.17, 15) is 5.11 Å². The quantitative estimate of drug-likeness (QED) is 0.935. The first kappa shape index (κ1) is 16.2. The van der Waals surface area contributed by atoms with Gasteiger partial charge in [0.15, 0.2) is 0 Å². The molecule has 1 fully saturated rings. The van der Waals surface area contributed by atoms with Gasteiger partial charge in [0, 0.05) is 31.9 Å². The number of benzene rings is 2. The molecule has 1 heterocycles. The number of methoxy groups -OCH3 is 1. The molecule has 0 bridgehead atoms. The van der Waals surface area contributed by atoms with Gasteiger partial charge < -0.3 is 14.7 Å². The van der Waals surface area contributed by atoms with E-state index in [0.29, 0.717) is 0 Å². The summed E-state index contributed by atoms with van der Waals surface area (Å²) in [7, 11) is 1.69. The molecule has 1 aliphatic carbocycles. The van der Waals surface area contributed by atoms with Crippen molar-refractivity contribution in [1.82, 2.24) is 4.90 Å². The minimum absolute atomic E-state index is 0.0629. The number of piperazine rings is 1. The van der Waals surface area contributed by atoms with Gasteiger partial charge in [0.1, 0.15) is 5.75 Å². The number of fused-ring (bicyclic) bond motifs is 1. The predicted octanol–water partition coefficient (Wildman–Crippen LogP) is 2.95. The first-order valence-electron chi connectivity index (χ1n) is 8.84. The van der Waals surface area contributed by atoms with Crippen molar-refractivity contribution in [2.45, 2.75) is 12.1 Å². The monoisotopic (exact) mass is 336 g/mol. The molecule has 2 atom stereocenters. The Labute approximate surface area is 148 Å². The van der Waals surface area contributed by atoms with Gasteiger partial charge in [-0.15, -0.1) is 0 Å². The van der Waals surface area contributed by atoms with Crippen molar-refractivity contribution in [3.05, 3.63) is 65.7 Å². The number of nitrogens with zero attached hydrogens (tertiary/aromatic N) is 2. The highest BCUT2D eigenvalue weighted by Gasteiger charge is 2.31. The summed E-state index contributed by atoms with van der Waals surface area (Å²) in [5, 5.41) is 10.8. The molecule has 0 unspecified atom stereocenters. The molecule has 2 aliphatic rings. The van der Waals surface area contributed by atoms with Gasteiger partial charge in [-0.05, 0) is 35.4 Å². The fourth-order valence-corrected chi connectivity index (χ4v) is 3.82. The number of hydrogen-bond donors (Lipinski definition) is 1. The molecule has 1 saturated heterocycles. The van der Waals surface area contributed by atoms with Crippen LogP contribution in [0.1, 0.15) is 17.2 Å². The maximum Gasteiger partial charge on any atom is 0.119 e. The van der Waals surface area contributed by atoms with E-state index in [1.165, 1.54) is 5.69 Å². The van der Waals surface area contributed by atoms with Gasteiger partial charge in [-0.2, -0.15) is 0 Å². The molecule has 2 aromatic rings. The smallest absolute Gasteiger partial charge is 0.119 e. The van der Waals surface area contributed by atoms with E-state index < -0.39 is 6.10 Å². The highest BCUT2D eigenvalue weighted by Crippen LogP contribution is 2.31. The summed E-state index contributed by atoms with van der Waals surface area (Å²) in [5.74, 6) is 0.886. The van der Waals surface area contributed by atoms with E-state index >= 15 is 0 Å². The summed E-state index contributed by atoms with van der Waals surface area (Å²) >= 11 is 0. The minimum Gasteiger partial charge on any atom is -0.497 e. The normalized spacial score (nSPS) is 23.4. The van der Waals surface area contributed by atoms with Crippen LogP contribution in [0.2, 0.25) is 0 Å². The zero-order chi connectivity index (χ0) is 17.2. The van der Waals surface area contributed by atoms with Crippen LogP contribution in [0, 0.1) is 0 Å². The molecule has 0 amide bonds. The number of ether oxygens (including phenoxy) is 1. The van der Waals surface area contributed by atoms with Crippen LogP contribution in [0.3, 0.4) is 0 Å². The topological polar surface area (TPSA) is 35.9 Å². The molecule has 130 valence electrons. The van der Waals surface area contributed by atoms with Gasteiger partial charge in [-0.1, -0.05) is 36.4 Å². The van der Waals surface area contributed by atoms with Gasteiger partial charge in [-0.25, -0.2) is 0 Å². The number of aliphatic hydroxyl groups is 1. The first-order chi connectivity index (χ1) is 12.3. The van der Waals surface area contributed by atoms with Crippen LogP contribution in [0.5, 0.6) is 5.75 Å². The van der Waals surface area contributed by atoms with Crippen LogP contribution < -0.4 is 9.64 Å². The summed E-state index contributed by atoms with van der Waals surface area (Å²) in [6.45, 7) is 3.82. The second kappa shape index (κ2) is 6.90. The SMILES string of the molecule is COc1ccc(N2CCN([C@@H]3C=Cc4ccccc4[C@H]3O)CC2)cc1. The zero-order valence-corrected chi connectivity index (χ0v) is 14.5. The maximum atomic E-state index is 10.8. The van der Waals surface area contributed by atoms with Gasteiger partial charge in [0.25, 0.3) is 0 Å². The Morgan fingerprint density at radius 1 is 0.960 bits per heavy atom. The fraction of sp³-hybridized carbons (Fsp3) is 0.333. The molecule has 2 aromatic carbocycles. The highest BCUT2D eigenvalue weighted by molar-refractivity contribution is 5.58. The lowest BCUT2D eigenvalue weighted by Crippen LogP contribution is -2.51. The minimum atomic E-state index is -0.450. The average molecular weight is 336 g/mol. The molecular weight excluding hydrogens is 312 g/mol. The second-order valence-electron chi connectivity index (χ2n) is 6.64. The van der Waals surface area contributed by atoms with Crippen LogP contribution in [-0.2, 0) is 0 Å². The Balaban J connectivity index is 1.42. The summed E-state index contributed by atoms with van der Waals surface area (Å²) in [6.07, 6.45) is 3.84. The van der Waals surface area contributed by atoms with E-state index in [4.69, 9.17) is 4.74 Å². The van der Waals surface area contributed by atoms with E-state index in [-0.39, 0.29) is 6.04 Å². The molecular formula is C21H24N2O2. The van der Waals surface area contributed by atoms with E-state index in [1.54, 1.807) is 7.11 Å². The lowest BCUT2D eigenvalue weighted by molar-refractivity contribution is 0.0684.